The van der Waals surface area contributed by atoms with Crippen molar-refractivity contribution in [2.24, 2.45) is 5.41 Å². The van der Waals surface area contributed by atoms with Crippen molar-refractivity contribution in [1.29, 1.82) is 0 Å². The highest BCUT2D eigenvalue weighted by Gasteiger charge is 2.49. The lowest BCUT2D eigenvalue weighted by molar-refractivity contribution is -0.163. The summed E-state index contributed by atoms with van der Waals surface area (Å²) in [7, 11) is 0. The van der Waals surface area contributed by atoms with Gasteiger partial charge in [0.1, 0.15) is 5.41 Å². The molecule has 142 valence electrons. The number of likely N-dealkylation sites (tertiary alicyclic amines) is 1. The molecule has 0 aliphatic carbocycles. The van der Waals surface area contributed by atoms with E-state index in [1.165, 1.54) is 0 Å². The van der Waals surface area contributed by atoms with Gasteiger partial charge < -0.3 is 15.3 Å². The van der Waals surface area contributed by atoms with E-state index in [0.29, 0.717) is 19.5 Å². The van der Waals surface area contributed by atoms with Gasteiger partial charge >= 0.3 is 11.9 Å². The fraction of sp³-hybridized carbons (Fsp3) is 0.333. The Morgan fingerprint density at radius 3 is 2.26 bits per heavy atom. The molecule has 0 spiro atoms. The number of rotatable bonds is 6. The Hall–Kier alpha value is -2.70. The second kappa shape index (κ2) is 7.90. The standard InChI is InChI=1S/C21H23NO5/c23-18-10-11-22(13-16-6-8-17(9-7-16)19(24)25)14-21(18,20(26)27)12-15-4-2-1-3-5-15/h1-9,18,23H,10-14H2,(H,24,25)(H,26,27)/t18-,21+/m0/s1. The molecule has 0 saturated carbocycles. The first kappa shape index (κ1) is 19.1. The minimum atomic E-state index is -1.26. The van der Waals surface area contributed by atoms with Crippen LogP contribution in [0.5, 0.6) is 0 Å². The number of carboxylic acid groups (broad SMARTS) is 2. The van der Waals surface area contributed by atoms with Crippen molar-refractivity contribution in [3.05, 3.63) is 71.3 Å². The van der Waals surface area contributed by atoms with Crippen LogP contribution >= 0.6 is 0 Å². The second-order valence-corrected chi connectivity index (χ2v) is 7.14. The number of piperidine rings is 1. The van der Waals surface area contributed by atoms with Gasteiger partial charge in [0.25, 0.3) is 0 Å². The number of aliphatic hydroxyl groups excluding tert-OH is 1. The van der Waals surface area contributed by atoms with Crippen molar-refractivity contribution < 1.29 is 24.9 Å². The molecule has 2 aromatic carbocycles. The molecule has 0 aromatic heterocycles. The van der Waals surface area contributed by atoms with E-state index in [9.17, 15) is 19.8 Å². The molecule has 0 bridgehead atoms. The van der Waals surface area contributed by atoms with E-state index in [4.69, 9.17) is 5.11 Å². The van der Waals surface area contributed by atoms with Crippen molar-refractivity contribution in [3.8, 4) is 0 Å². The van der Waals surface area contributed by atoms with E-state index in [-0.39, 0.29) is 18.5 Å². The van der Waals surface area contributed by atoms with Crippen LogP contribution in [0.4, 0.5) is 0 Å². The lowest BCUT2D eigenvalue weighted by Crippen LogP contribution is -2.56. The summed E-state index contributed by atoms with van der Waals surface area (Å²) in [4.78, 5) is 25.1. The quantitative estimate of drug-likeness (QED) is 0.723. The molecule has 2 aromatic rings. The molecule has 6 nitrogen and oxygen atoms in total. The van der Waals surface area contributed by atoms with E-state index in [1.54, 1.807) is 24.3 Å². The summed E-state index contributed by atoms with van der Waals surface area (Å²) in [6.07, 6.45) is -0.272. The molecular formula is C21H23NO5. The van der Waals surface area contributed by atoms with Crippen LogP contribution in [0.15, 0.2) is 54.6 Å². The maximum atomic E-state index is 12.2. The van der Waals surface area contributed by atoms with E-state index in [1.807, 2.05) is 35.2 Å². The summed E-state index contributed by atoms with van der Waals surface area (Å²) in [6, 6.07) is 15.9. The SMILES string of the molecule is O=C(O)c1ccc(CN2CC[C@H](O)[C@](Cc3ccccc3)(C(=O)O)C2)cc1. The monoisotopic (exact) mass is 369 g/mol. The van der Waals surface area contributed by atoms with E-state index >= 15 is 0 Å². The second-order valence-electron chi connectivity index (χ2n) is 7.14. The number of hydrogen-bond acceptors (Lipinski definition) is 4. The van der Waals surface area contributed by atoms with Crippen molar-refractivity contribution in [1.82, 2.24) is 4.90 Å². The number of aliphatic hydroxyl groups is 1. The van der Waals surface area contributed by atoms with Crippen LogP contribution in [0, 0.1) is 5.41 Å². The summed E-state index contributed by atoms with van der Waals surface area (Å²) in [5.41, 5.74) is 0.749. The topological polar surface area (TPSA) is 98.1 Å². The molecule has 6 heteroatoms. The summed E-state index contributed by atoms with van der Waals surface area (Å²) in [6.45, 7) is 1.33. The summed E-state index contributed by atoms with van der Waals surface area (Å²) in [5.74, 6) is -1.97. The normalized spacial score (nSPS) is 23.1. The molecule has 2 atom stereocenters. The molecule has 3 N–H and O–H groups in total. The minimum Gasteiger partial charge on any atom is -0.481 e. The van der Waals surface area contributed by atoms with Gasteiger partial charge in [-0.05, 0) is 36.1 Å². The van der Waals surface area contributed by atoms with Crippen molar-refractivity contribution in [2.45, 2.75) is 25.5 Å². The van der Waals surface area contributed by atoms with Gasteiger partial charge in [0.2, 0.25) is 0 Å². The third kappa shape index (κ3) is 4.18. The maximum Gasteiger partial charge on any atom is 0.335 e. The smallest absolute Gasteiger partial charge is 0.335 e. The zero-order chi connectivity index (χ0) is 19.4. The molecule has 27 heavy (non-hydrogen) atoms. The predicted molar refractivity (Wildman–Crippen MR) is 99.5 cm³/mol. The first-order chi connectivity index (χ1) is 12.9. The molecule has 0 unspecified atom stereocenters. The average molecular weight is 369 g/mol. The third-order valence-corrected chi connectivity index (χ3v) is 5.26. The predicted octanol–water partition coefficient (Wildman–Crippen LogP) is 2.27. The molecule has 1 fully saturated rings. The van der Waals surface area contributed by atoms with Crippen LogP contribution in [0.25, 0.3) is 0 Å². The fourth-order valence-electron chi connectivity index (χ4n) is 3.73. The van der Waals surface area contributed by atoms with Gasteiger partial charge in [-0.25, -0.2) is 4.79 Å². The van der Waals surface area contributed by atoms with Crippen molar-refractivity contribution >= 4 is 11.9 Å². The molecule has 1 aliphatic rings. The Labute approximate surface area is 157 Å². The van der Waals surface area contributed by atoms with Gasteiger partial charge in [-0.3, -0.25) is 9.69 Å². The molecule has 3 rings (SSSR count). The maximum absolute atomic E-state index is 12.2. The van der Waals surface area contributed by atoms with Crippen molar-refractivity contribution in [3.63, 3.8) is 0 Å². The number of nitrogens with zero attached hydrogens (tertiary/aromatic N) is 1. The van der Waals surface area contributed by atoms with Gasteiger partial charge in [-0.15, -0.1) is 0 Å². The average Bonchev–Trinajstić information content (AvgIpc) is 2.65. The summed E-state index contributed by atoms with van der Waals surface area (Å²) < 4.78 is 0. The first-order valence-electron chi connectivity index (χ1n) is 8.91. The van der Waals surface area contributed by atoms with E-state index < -0.39 is 23.5 Å². The van der Waals surface area contributed by atoms with Crippen LogP contribution in [0.2, 0.25) is 0 Å². The highest BCUT2D eigenvalue weighted by Crippen LogP contribution is 2.35. The highest BCUT2D eigenvalue weighted by atomic mass is 16.4. The Bertz CT molecular complexity index is 805. The first-order valence-corrected chi connectivity index (χ1v) is 8.91. The van der Waals surface area contributed by atoms with Gasteiger partial charge in [0.15, 0.2) is 0 Å². The fourth-order valence-corrected chi connectivity index (χ4v) is 3.73. The van der Waals surface area contributed by atoms with Gasteiger partial charge in [0.05, 0.1) is 11.7 Å². The van der Waals surface area contributed by atoms with Gasteiger partial charge in [-0.1, -0.05) is 42.5 Å². The number of carbonyl (C=O) groups is 2. The number of aliphatic carboxylic acids is 1. The number of carboxylic acids is 2. The Morgan fingerprint density at radius 1 is 1.00 bits per heavy atom. The molecule has 1 heterocycles. The summed E-state index contributed by atoms with van der Waals surface area (Å²) in [5, 5.41) is 29.5. The van der Waals surface area contributed by atoms with E-state index in [0.717, 1.165) is 11.1 Å². The minimum absolute atomic E-state index is 0.219. The van der Waals surface area contributed by atoms with Crippen molar-refractivity contribution in [2.75, 3.05) is 13.1 Å². The zero-order valence-corrected chi connectivity index (χ0v) is 14.9. The third-order valence-electron chi connectivity index (χ3n) is 5.26. The van der Waals surface area contributed by atoms with Gasteiger partial charge in [0, 0.05) is 19.6 Å². The van der Waals surface area contributed by atoms with Crippen LogP contribution in [0.1, 0.15) is 27.9 Å². The molecular weight excluding hydrogens is 346 g/mol. The lowest BCUT2D eigenvalue weighted by atomic mass is 9.72. The molecule has 1 aliphatic heterocycles. The zero-order valence-electron chi connectivity index (χ0n) is 14.9. The molecule has 1 saturated heterocycles. The Balaban J connectivity index is 1.78. The molecule has 0 amide bonds. The number of hydrogen-bond donors (Lipinski definition) is 3. The lowest BCUT2D eigenvalue weighted by Gasteiger charge is -2.43. The van der Waals surface area contributed by atoms with Crippen LogP contribution in [-0.2, 0) is 17.8 Å². The summed E-state index contributed by atoms with van der Waals surface area (Å²) >= 11 is 0. The number of benzene rings is 2. The van der Waals surface area contributed by atoms with Crippen LogP contribution < -0.4 is 0 Å². The Kier molecular flexibility index (Phi) is 5.58. The van der Waals surface area contributed by atoms with Crippen LogP contribution in [-0.4, -0.2) is 51.4 Å². The number of aromatic carboxylic acids is 1. The largest absolute Gasteiger partial charge is 0.481 e. The highest BCUT2D eigenvalue weighted by molar-refractivity contribution is 5.87. The molecule has 0 radical (unpaired) electrons. The van der Waals surface area contributed by atoms with E-state index in [2.05, 4.69) is 0 Å². The van der Waals surface area contributed by atoms with Gasteiger partial charge in [-0.2, -0.15) is 0 Å². The van der Waals surface area contributed by atoms with Crippen LogP contribution in [0.3, 0.4) is 0 Å². The Morgan fingerprint density at radius 2 is 1.67 bits per heavy atom.